The monoisotopic (exact) mass is 731 g/mol. The molecule has 0 amide bonds. The number of rotatable bonds is 6. The molecule has 0 radical (unpaired) electrons. The van der Waals surface area contributed by atoms with Crippen LogP contribution in [0.5, 0.6) is 0 Å². The Morgan fingerprint density at radius 2 is 0.946 bits per heavy atom. The van der Waals surface area contributed by atoms with Gasteiger partial charge in [-0.2, -0.15) is 0 Å². The van der Waals surface area contributed by atoms with Crippen molar-refractivity contribution in [3.05, 3.63) is 200 Å². The lowest BCUT2D eigenvalue weighted by Crippen LogP contribution is -1.96. The van der Waals surface area contributed by atoms with Gasteiger partial charge in [0.25, 0.3) is 0 Å². The number of thiophene rings is 1. The van der Waals surface area contributed by atoms with Crippen molar-refractivity contribution in [2.45, 2.75) is 0 Å². The number of aromatic nitrogens is 3. The first-order valence-electron chi connectivity index (χ1n) is 18.9. The molecule has 0 saturated carbocycles. The SMILES string of the molecule is c1ccc(-c2cccc(-c3cc(-c4ccc5c(c4)sc4ccccc45)nc(-c4cccc(-c5cccc6c5c5ccccc5n6-c5ccccc5)c4)n3)c2)cc1. The minimum absolute atomic E-state index is 0.694. The number of benzene rings is 8. The third kappa shape index (κ3) is 5.50. The van der Waals surface area contributed by atoms with Gasteiger partial charge in [0, 0.05) is 53.3 Å². The first-order valence-corrected chi connectivity index (χ1v) is 19.7. The lowest BCUT2D eigenvalue weighted by atomic mass is 9.97. The predicted molar refractivity (Wildman–Crippen MR) is 236 cm³/mol. The Morgan fingerprint density at radius 3 is 1.79 bits per heavy atom. The number of fused-ring (bicyclic) bond motifs is 6. The van der Waals surface area contributed by atoms with Crippen molar-refractivity contribution in [1.29, 1.82) is 0 Å². The molecule has 4 heteroatoms. The topological polar surface area (TPSA) is 30.7 Å². The van der Waals surface area contributed by atoms with Gasteiger partial charge in [0.15, 0.2) is 5.82 Å². The van der Waals surface area contributed by atoms with Crippen molar-refractivity contribution in [2.24, 2.45) is 0 Å². The first kappa shape index (κ1) is 32.3. The fourth-order valence-corrected chi connectivity index (χ4v) is 9.33. The minimum atomic E-state index is 0.694. The van der Waals surface area contributed by atoms with Crippen LogP contribution in [0.15, 0.2) is 200 Å². The maximum absolute atomic E-state index is 5.32. The molecule has 0 aliphatic rings. The Labute approximate surface area is 328 Å². The standard InChI is InChI=1S/C52H33N3S/c1-3-14-34(15-4-1)35-16-11-18-37(30-35)45-33-46(38-28-29-43-42-22-8-10-27-49(42)56-50(43)32-38)54-52(53-45)39-19-12-17-36(31-39)41-24-13-26-48-51(41)44-23-7-9-25-47(44)55(48)40-20-5-2-6-21-40/h1-33H. The quantitative estimate of drug-likeness (QED) is 0.170. The van der Waals surface area contributed by atoms with Gasteiger partial charge >= 0.3 is 0 Å². The molecule has 0 aliphatic carbocycles. The fraction of sp³-hybridized carbons (Fsp3) is 0. The van der Waals surface area contributed by atoms with E-state index in [0.717, 1.165) is 44.9 Å². The molecule has 3 nitrogen and oxygen atoms in total. The van der Waals surface area contributed by atoms with E-state index in [1.165, 1.54) is 53.1 Å². The Kier molecular flexibility index (Phi) is 7.68. The summed E-state index contributed by atoms with van der Waals surface area (Å²) in [4.78, 5) is 10.6. The smallest absolute Gasteiger partial charge is 0.160 e. The zero-order valence-electron chi connectivity index (χ0n) is 30.3. The number of para-hydroxylation sites is 2. The molecule has 8 aromatic carbocycles. The summed E-state index contributed by atoms with van der Waals surface area (Å²) in [6.07, 6.45) is 0. The van der Waals surface area contributed by atoms with E-state index >= 15 is 0 Å². The largest absolute Gasteiger partial charge is 0.309 e. The molecular weight excluding hydrogens is 699 g/mol. The van der Waals surface area contributed by atoms with Crippen LogP contribution in [0.1, 0.15) is 0 Å². The van der Waals surface area contributed by atoms with Crippen LogP contribution in [0, 0.1) is 0 Å². The van der Waals surface area contributed by atoms with Gasteiger partial charge in [0.05, 0.1) is 22.4 Å². The molecule has 0 aliphatic heterocycles. The summed E-state index contributed by atoms with van der Waals surface area (Å²) in [5, 5.41) is 5.02. The Morgan fingerprint density at radius 1 is 0.357 bits per heavy atom. The second kappa shape index (κ2) is 13.3. The van der Waals surface area contributed by atoms with E-state index in [0.29, 0.717) is 5.82 Å². The van der Waals surface area contributed by atoms with E-state index in [2.05, 4.69) is 205 Å². The van der Waals surface area contributed by atoms with E-state index in [-0.39, 0.29) is 0 Å². The molecule has 262 valence electrons. The lowest BCUT2D eigenvalue weighted by molar-refractivity contribution is 1.18. The molecule has 0 spiro atoms. The fourth-order valence-electron chi connectivity index (χ4n) is 8.19. The van der Waals surface area contributed by atoms with Gasteiger partial charge < -0.3 is 4.57 Å². The molecule has 0 N–H and O–H groups in total. The van der Waals surface area contributed by atoms with E-state index in [9.17, 15) is 0 Å². The van der Waals surface area contributed by atoms with Gasteiger partial charge in [0.1, 0.15) is 0 Å². The maximum Gasteiger partial charge on any atom is 0.160 e. The summed E-state index contributed by atoms with van der Waals surface area (Å²) < 4.78 is 4.91. The minimum Gasteiger partial charge on any atom is -0.309 e. The molecule has 11 rings (SSSR count). The van der Waals surface area contributed by atoms with Crippen LogP contribution >= 0.6 is 11.3 Å². The predicted octanol–water partition coefficient (Wildman–Crippen LogP) is 14.3. The first-order chi connectivity index (χ1) is 27.7. The van der Waals surface area contributed by atoms with E-state index in [1.54, 1.807) is 0 Å². The van der Waals surface area contributed by atoms with Gasteiger partial charge in [0.2, 0.25) is 0 Å². The summed E-state index contributed by atoms with van der Waals surface area (Å²) in [6, 6.07) is 71.4. The van der Waals surface area contributed by atoms with Crippen LogP contribution in [0.4, 0.5) is 0 Å². The number of hydrogen-bond donors (Lipinski definition) is 0. The molecule has 0 bridgehead atoms. The summed E-state index contributed by atoms with van der Waals surface area (Å²) in [5.41, 5.74) is 13.0. The van der Waals surface area contributed by atoms with Gasteiger partial charge in [-0.1, -0.05) is 146 Å². The third-order valence-electron chi connectivity index (χ3n) is 10.8. The Balaban J connectivity index is 1.09. The van der Waals surface area contributed by atoms with Gasteiger partial charge in [-0.25, -0.2) is 9.97 Å². The summed E-state index contributed by atoms with van der Waals surface area (Å²) in [5.74, 6) is 0.694. The highest BCUT2D eigenvalue weighted by atomic mass is 32.1. The van der Waals surface area contributed by atoms with Gasteiger partial charge in [-0.05, 0) is 76.9 Å². The molecule has 3 aromatic heterocycles. The van der Waals surface area contributed by atoms with Crippen molar-refractivity contribution in [3.63, 3.8) is 0 Å². The van der Waals surface area contributed by atoms with Crippen LogP contribution in [-0.4, -0.2) is 14.5 Å². The van der Waals surface area contributed by atoms with E-state index in [4.69, 9.17) is 9.97 Å². The summed E-state index contributed by atoms with van der Waals surface area (Å²) in [6.45, 7) is 0. The molecular formula is C52H33N3S. The lowest BCUT2D eigenvalue weighted by Gasteiger charge is -2.12. The van der Waals surface area contributed by atoms with Crippen LogP contribution < -0.4 is 0 Å². The van der Waals surface area contributed by atoms with Gasteiger partial charge in [-0.15, -0.1) is 11.3 Å². The second-order valence-corrected chi connectivity index (χ2v) is 15.3. The van der Waals surface area contributed by atoms with Crippen LogP contribution in [0.25, 0.3) is 104 Å². The zero-order valence-corrected chi connectivity index (χ0v) is 31.1. The summed E-state index contributed by atoms with van der Waals surface area (Å²) >= 11 is 1.83. The zero-order chi connectivity index (χ0) is 37.0. The van der Waals surface area contributed by atoms with E-state index in [1.807, 2.05) is 11.3 Å². The van der Waals surface area contributed by atoms with Crippen LogP contribution in [0.3, 0.4) is 0 Å². The van der Waals surface area contributed by atoms with E-state index < -0.39 is 0 Å². The number of nitrogens with zero attached hydrogens (tertiary/aromatic N) is 3. The molecule has 0 saturated heterocycles. The van der Waals surface area contributed by atoms with Crippen LogP contribution in [-0.2, 0) is 0 Å². The van der Waals surface area contributed by atoms with Crippen molar-refractivity contribution in [3.8, 4) is 61.8 Å². The molecule has 11 aromatic rings. The average Bonchev–Trinajstić information content (AvgIpc) is 3.82. The average molecular weight is 732 g/mol. The van der Waals surface area contributed by atoms with Crippen molar-refractivity contribution in [1.82, 2.24) is 14.5 Å². The third-order valence-corrected chi connectivity index (χ3v) is 11.9. The molecule has 0 fully saturated rings. The molecule has 0 atom stereocenters. The Hall–Kier alpha value is -7.14. The summed E-state index contributed by atoms with van der Waals surface area (Å²) in [7, 11) is 0. The van der Waals surface area contributed by atoms with Crippen LogP contribution in [0.2, 0.25) is 0 Å². The normalized spacial score (nSPS) is 11.6. The van der Waals surface area contributed by atoms with Crippen molar-refractivity contribution >= 4 is 53.3 Å². The highest BCUT2D eigenvalue weighted by Gasteiger charge is 2.18. The highest BCUT2D eigenvalue weighted by molar-refractivity contribution is 7.25. The van der Waals surface area contributed by atoms with Crippen molar-refractivity contribution < 1.29 is 0 Å². The molecule has 56 heavy (non-hydrogen) atoms. The number of hydrogen-bond acceptors (Lipinski definition) is 3. The molecule has 3 heterocycles. The molecule has 0 unspecified atom stereocenters. The second-order valence-electron chi connectivity index (χ2n) is 14.2. The maximum atomic E-state index is 5.32. The van der Waals surface area contributed by atoms with Gasteiger partial charge in [-0.3, -0.25) is 0 Å². The Bertz CT molecular complexity index is 3250. The highest BCUT2D eigenvalue weighted by Crippen LogP contribution is 2.40. The van der Waals surface area contributed by atoms with Crippen molar-refractivity contribution in [2.75, 3.05) is 0 Å².